The third-order valence-electron chi connectivity index (χ3n) is 4.02. The van der Waals surface area contributed by atoms with Crippen molar-refractivity contribution in [2.45, 2.75) is 32.7 Å². The zero-order valence-electron chi connectivity index (χ0n) is 12.4. The van der Waals surface area contributed by atoms with Gasteiger partial charge in [0, 0.05) is 31.2 Å². The number of carbonyl (C=O) groups excluding carboxylic acids is 1. The van der Waals surface area contributed by atoms with Crippen LogP contribution in [0.3, 0.4) is 0 Å². The molecule has 1 aliphatic heterocycles. The minimum absolute atomic E-state index is 0.0610. The Bertz CT molecular complexity index is 454. The number of amides is 1. The second-order valence-corrected chi connectivity index (χ2v) is 5.47. The maximum absolute atomic E-state index is 12.0. The van der Waals surface area contributed by atoms with Gasteiger partial charge in [-0.15, -0.1) is 0 Å². The van der Waals surface area contributed by atoms with E-state index in [1.807, 2.05) is 0 Å². The minimum Gasteiger partial charge on any atom is -0.379 e. The van der Waals surface area contributed by atoms with Crippen LogP contribution in [0.15, 0.2) is 10.6 Å². The highest BCUT2D eigenvalue weighted by Crippen LogP contribution is 2.20. The Kier molecular flexibility index (Phi) is 4.77. The fraction of sp³-hybridized carbons (Fsp3) is 0.714. The summed E-state index contributed by atoms with van der Waals surface area (Å²) in [7, 11) is 0. The van der Waals surface area contributed by atoms with E-state index in [2.05, 4.69) is 29.2 Å². The number of rotatable bonds is 5. The van der Waals surface area contributed by atoms with E-state index in [4.69, 9.17) is 9.26 Å². The molecule has 0 radical (unpaired) electrons. The number of nitrogens with one attached hydrogen (secondary N) is 1. The predicted molar refractivity (Wildman–Crippen MR) is 74.7 cm³/mol. The third-order valence-corrected chi connectivity index (χ3v) is 4.02. The molecule has 6 nitrogen and oxygen atoms in total. The van der Waals surface area contributed by atoms with Gasteiger partial charge in [-0.05, 0) is 20.3 Å². The summed E-state index contributed by atoms with van der Waals surface area (Å²) < 4.78 is 10.4. The van der Waals surface area contributed by atoms with Crippen molar-refractivity contribution in [3.8, 4) is 0 Å². The summed E-state index contributed by atoms with van der Waals surface area (Å²) >= 11 is 0. The SMILES string of the molecule is CC[C@](C)(CNC(=O)c1cc(C)no1)N1CCOCC1. The molecule has 1 aliphatic rings. The first-order chi connectivity index (χ1) is 9.55. The Morgan fingerprint density at radius 1 is 1.50 bits per heavy atom. The van der Waals surface area contributed by atoms with Crippen molar-refractivity contribution >= 4 is 5.91 Å². The lowest BCUT2D eigenvalue weighted by Crippen LogP contribution is -2.56. The lowest BCUT2D eigenvalue weighted by Gasteiger charge is -2.42. The second kappa shape index (κ2) is 6.37. The van der Waals surface area contributed by atoms with Crippen LogP contribution in [0.4, 0.5) is 0 Å². The number of aromatic nitrogens is 1. The highest BCUT2D eigenvalue weighted by Gasteiger charge is 2.32. The molecule has 0 saturated carbocycles. The van der Waals surface area contributed by atoms with Crippen molar-refractivity contribution in [1.29, 1.82) is 0 Å². The Morgan fingerprint density at radius 3 is 2.75 bits per heavy atom. The van der Waals surface area contributed by atoms with Gasteiger partial charge in [0.25, 0.3) is 5.91 Å². The molecule has 1 fully saturated rings. The van der Waals surface area contributed by atoms with E-state index in [-0.39, 0.29) is 17.2 Å². The molecule has 1 N–H and O–H groups in total. The van der Waals surface area contributed by atoms with Gasteiger partial charge < -0.3 is 14.6 Å². The normalized spacial score (nSPS) is 19.6. The van der Waals surface area contributed by atoms with Gasteiger partial charge in [0.15, 0.2) is 0 Å². The Hall–Kier alpha value is -1.40. The number of aryl methyl sites for hydroxylation is 1. The number of carbonyl (C=O) groups is 1. The van der Waals surface area contributed by atoms with E-state index < -0.39 is 0 Å². The molecule has 20 heavy (non-hydrogen) atoms. The summed E-state index contributed by atoms with van der Waals surface area (Å²) in [6, 6.07) is 1.65. The number of nitrogens with zero attached hydrogens (tertiary/aromatic N) is 2. The monoisotopic (exact) mass is 281 g/mol. The van der Waals surface area contributed by atoms with E-state index in [0.29, 0.717) is 12.2 Å². The van der Waals surface area contributed by atoms with Crippen molar-refractivity contribution in [3.63, 3.8) is 0 Å². The van der Waals surface area contributed by atoms with Gasteiger partial charge in [0.1, 0.15) is 0 Å². The molecule has 0 unspecified atom stereocenters. The average molecular weight is 281 g/mol. The summed E-state index contributed by atoms with van der Waals surface area (Å²) in [5, 5.41) is 6.68. The largest absolute Gasteiger partial charge is 0.379 e. The lowest BCUT2D eigenvalue weighted by molar-refractivity contribution is -0.0170. The summed E-state index contributed by atoms with van der Waals surface area (Å²) in [5.41, 5.74) is 0.649. The fourth-order valence-electron chi connectivity index (χ4n) is 2.39. The standard InChI is InChI=1S/C14H23N3O3/c1-4-14(3,17-5-7-19-8-6-17)10-15-13(18)12-9-11(2)16-20-12/h9H,4-8,10H2,1-3H3,(H,15,18)/t14-/m1/s1. The molecule has 2 heterocycles. The quantitative estimate of drug-likeness (QED) is 0.878. The molecule has 1 aromatic heterocycles. The zero-order valence-corrected chi connectivity index (χ0v) is 12.4. The highest BCUT2D eigenvalue weighted by atomic mass is 16.5. The first-order valence-corrected chi connectivity index (χ1v) is 7.09. The molecule has 2 rings (SSSR count). The van der Waals surface area contributed by atoms with Crippen molar-refractivity contribution < 1.29 is 14.1 Å². The summed E-state index contributed by atoms with van der Waals surface area (Å²) in [6.45, 7) is 10.0. The van der Waals surface area contributed by atoms with Crippen LogP contribution in [0.25, 0.3) is 0 Å². The smallest absolute Gasteiger partial charge is 0.289 e. The summed E-state index contributed by atoms with van der Waals surface area (Å²) in [4.78, 5) is 14.4. The Morgan fingerprint density at radius 2 is 2.20 bits per heavy atom. The predicted octanol–water partition coefficient (Wildman–Crippen LogP) is 1.21. The van der Waals surface area contributed by atoms with Gasteiger partial charge in [-0.25, -0.2) is 0 Å². The molecule has 0 aliphatic carbocycles. The molecule has 0 spiro atoms. The molecule has 0 bridgehead atoms. The first-order valence-electron chi connectivity index (χ1n) is 7.09. The molecule has 112 valence electrons. The van der Waals surface area contributed by atoms with Crippen molar-refractivity contribution in [2.75, 3.05) is 32.8 Å². The third kappa shape index (κ3) is 3.37. The van der Waals surface area contributed by atoms with Crippen LogP contribution in [0.1, 0.15) is 36.5 Å². The maximum atomic E-state index is 12.0. The van der Waals surface area contributed by atoms with Crippen LogP contribution in [-0.2, 0) is 4.74 Å². The van der Waals surface area contributed by atoms with E-state index in [9.17, 15) is 4.79 Å². The van der Waals surface area contributed by atoms with Crippen LogP contribution in [-0.4, -0.2) is 54.4 Å². The molecule has 1 aromatic rings. The van der Waals surface area contributed by atoms with E-state index >= 15 is 0 Å². The molecule has 1 amide bonds. The number of hydrogen-bond acceptors (Lipinski definition) is 5. The molecule has 6 heteroatoms. The summed E-state index contributed by atoms with van der Waals surface area (Å²) in [5.74, 6) is 0.0569. The lowest BCUT2D eigenvalue weighted by atomic mass is 9.95. The van der Waals surface area contributed by atoms with Gasteiger partial charge >= 0.3 is 0 Å². The highest BCUT2D eigenvalue weighted by molar-refractivity contribution is 5.91. The van der Waals surface area contributed by atoms with Crippen LogP contribution in [0.5, 0.6) is 0 Å². The van der Waals surface area contributed by atoms with E-state index in [0.717, 1.165) is 32.7 Å². The van der Waals surface area contributed by atoms with Crippen LogP contribution >= 0.6 is 0 Å². The van der Waals surface area contributed by atoms with Gasteiger partial charge in [0.2, 0.25) is 5.76 Å². The zero-order chi connectivity index (χ0) is 14.6. The molecule has 1 saturated heterocycles. The number of ether oxygens (including phenoxy) is 1. The van der Waals surface area contributed by atoms with E-state index in [1.54, 1.807) is 13.0 Å². The van der Waals surface area contributed by atoms with Crippen LogP contribution in [0.2, 0.25) is 0 Å². The average Bonchev–Trinajstić information content (AvgIpc) is 2.92. The molecule has 0 aromatic carbocycles. The van der Waals surface area contributed by atoms with Crippen molar-refractivity contribution in [3.05, 3.63) is 17.5 Å². The molecule has 1 atom stereocenters. The minimum atomic E-state index is -0.210. The molecular weight excluding hydrogens is 258 g/mol. The van der Waals surface area contributed by atoms with Crippen molar-refractivity contribution in [2.24, 2.45) is 0 Å². The van der Waals surface area contributed by atoms with Crippen molar-refractivity contribution in [1.82, 2.24) is 15.4 Å². The van der Waals surface area contributed by atoms with Gasteiger partial charge in [-0.3, -0.25) is 9.69 Å². The Labute approximate surface area is 119 Å². The number of morpholine rings is 1. The van der Waals surface area contributed by atoms with Gasteiger partial charge in [-0.2, -0.15) is 0 Å². The van der Waals surface area contributed by atoms with Crippen LogP contribution in [0, 0.1) is 6.92 Å². The van der Waals surface area contributed by atoms with E-state index in [1.165, 1.54) is 0 Å². The summed E-state index contributed by atoms with van der Waals surface area (Å²) in [6.07, 6.45) is 0.961. The van der Waals surface area contributed by atoms with Gasteiger partial charge in [0.05, 0.1) is 18.9 Å². The first kappa shape index (κ1) is 15.0. The maximum Gasteiger partial charge on any atom is 0.289 e. The second-order valence-electron chi connectivity index (χ2n) is 5.47. The van der Waals surface area contributed by atoms with Crippen LogP contribution < -0.4 is 5.32 Å². The topological polar surface area (TPSA) is 67.6 Å². The Balaban J connectivity index is 1.94. The van der Waals surface area contributed by atoms with Gasteiger partial charge in [-0.1, -0.05) is 12.1 Å². The molecular formula is C14H23N3O3. The number of hydrogen-bond donors (Lipinski definition) is 1. The fourth-order valence-corrected chi connectivity index (χ4v) is 2.39.